The van der Waals surface area contributed by atoms with Crippen molar-refractivity contribution < 1.29 is 14.4 Å². The molecule has 3 heterocycles. The number of hydrogen-bond acceptors (Lipinski definition) is 5. The van der Waals surface area contributed by atoms with E-state index in [0.29, 0.717) is 17.5 Å². The lowest BCUT2D eigenvalue weighted by Gasteiger charge is -2.33. The summed E-state index contributed by atoms with van der Waals surface area (Å²) in [6.07, 6.45) is 0.627. The maximum absolute atomic E-state index is 14.0. The second-order valence-electron chi connectivity index (χ2n) is 10.1. The van der Waals surface area contributed by atoms with Crippen LogP contribution in [-0.4, -0.2) is 63.4 Å². The SMILES string of the molecule is CC(C)C[C@@H](C(=O)N1C[C@]2(C[C@H]1C#N)C(=O)Nc1ccccc12)N(C)C(=O)c1n[nH]c2ccccc12. The van der Waals surface area contributed by atoms with Crippen LogP contribution in [0.15, 0.2) is 48.5 Å². The Hall–Kier alpha value is -4.19. The van der Waals surface area contributed by atoms with E-state index in [-0.39, 0.29) is 42.3 Å². The van der Waals surface area contributed by atoms with Crippen LogP contribution in [0.25, 0.3) is 10.9 Å². The van der Waals surface area contributed by atoms with Gasteiger partial charge in [-0.1, -0.05) is 50.2 Å². The van der Waals surface area contributed by atoms with Gasteiger partial charge in [0.1, 0.15) is 12.1 Å². The van der Waals surface area contributed by atoms with Gasteiger partial charge in [-0.25, -0.2) is 0 Å². The minimum Gasteiger partial charge on any atom is -0.328 e. The van der Waals surface area contributed by atoms with Gasteiger partial charge < -0.3 is 15.1 Å². The first kappa shape index (κ1) is 23.5. The molecule has 5 rings (SSSR count). The number of nitrogens with one attached hydrogen (secondary N) is 2. The molecule has 0 aliphatic carbocycles. The third-order valence-electron chi connectivity index (χ3n) is 7.36. The predicted octanol–water partition coefficient (Wildman–Crippen LogP) is 3.06. The number of aromatic nitrogens is 2. The van der Waals surface area contributed by atoms with Crippen LogP contribution in [0.5, 0.6) is 0 Å². The molecule has 1 spiro atoms. The summed E-state index contributed by atoms with van der Waals surface area (Å²) in [5.41, 5.74) is 1.52. The Kier molecular flexibility index (Phi) is 5.75. The Labute approximate surface area is 209 Å². The summed E-state index contributed by atoms with van der Waals surface area (Å²) in [6.45, 7) is 4.06. The third-order valence-corrected chi connectivity index (χ3v) is 7.36. The minimum absolute atomic E-state index is 0.0921. The van der Waals surface area contributed by atoms with Crippen LogP contribution >= 0.6 is 0 Å². The van der Waals surface area contributed by atoms with Crippen LogP contribution < -0.4 is 5.32 Å². The van der Waals surface area contributed by atoms with E-state index in [9.17, 15) is 19.6 Å². The summed E-state index contributed by atoms with van der Waals surface area (Å²) < 4.78 is 0. The molecule has 0 bridgehead atoms. The average Bonchev–Trinajstić information content (AvgIpc) is 3.56. The van der Waals surface area contributed by atoms with Crippen LogP contribution in [0.1, 0.15) is 42.7 Å². The van der Waals surface area contributed by atoms with Crippen molar-refractivity contribution in [3.8, 4) is 6.07 Å². The van der Waals surface area contributed by atoms with Gasteiger partial charge in [0, 0.05) is 31.1 Å². The molecule has 0 radical (unpaired) electrons. The molecular formula is C27H28N6O3. The number of H-pyrrole nitrogens is 1. The molecule has 2 N–H and O–H groups in total. The number of hydrogen-bond donors (Lipinski definition) is 2. The maximum atomic E-state index is 14.0. The van der Waals surface area contributed by atoms with Crippen LogP contribution in [0, 0.1) is 17.2 Å². The molecule has 0 saturated carbocycles. The monoisotopic (exact) mass is 484 g/mol. The van der Waals surface area contributed by atoms with Crippen LogP contribution in [0.2, 0.25) is 0 Å². The zero-order chi connectivity index (χ0) is 25.6. The lowest BCUT2D eigenvalue weighted by molar-refractivity contribution is -0.136. The lowest BCUT2D eigenvalue weighted by Crippen LogP contribution is -2.52. The van der Waals surface area contributed by atoms with E-state index >= 15 is 0 Å². The number of carbonyl (C=O) groups is 3. The number of likely N-dealkylation sites (tertiary alicyclic amines) is 1. The van der Waals surface area contributed by atoms with Crippen molar-refractivity contribution >= 4 is 34.3 Å². The van der Waals surface area contributed by atoms with E-state index in [1.165, 1.54) is 9.80 Å². The molecule has 2 aromatic carbocycles. The van der Waals surface area contributed by atoms with E-state index < -0.39 is 17.5 Å². The lowest BCUT2D eigenvalue weighted by atomic mass is 9.80. The van der Waals surface area contributed by atoms with Gasteiger partial charge in [0.15, 0.2) is 5.69 Å². The first-order valence-corrected chi connectivity index (χ1v) is 12.1. The van der Waals surface area contributed by atoms with Crippen molar-refractivity contribution in [3.63, 3.8) is 0 Å². The molecule has 3 aromatic rings. The van der Waals surface area contributed by atoms with Crippen LogP contribution in [-0.2, 0) is 15.0 Å². The number of likely N-dealkylation sites (N-methyl/N-ethyl adjacent to an activating group) is 1. The van der Waals surface area contributed by atoms with Crippen LogP contribution in [0.3, 0.4) is 0 Å². The van der Waals surface area contributed by atoms with Crippen molar-refractivity contribution in [1.29, 1.82) is 5.26 Å². The molecule has 36 heavy (non-hydrogen) atoms. The van der Waals surface area contributed by atoms with Crippen molar-refractivity contribution in [2.75, 3.05) is 18.9 Å². The number of para-hydroxylation sites is 2. The molecule has 3 amide bonds. The largest absolute Gasteiger partial charge is 0.328 e. The summed E-state index contributed by atoms with van der Waals surface area (Å²) >= 11 is 0. The fraction of sp³-hybridized carbons (Fsp3) is 0.370. The highest BCUT2D eigenvalue weighted by Crippen LogP contribution is 2.46. The molecule has 1 aromatic heterocycles. The molecule has 2 aliphatic heterocycles. The van der Waals surface area contributed by atoms with Gasteiger partial charge in [-0.3, -0.25) is 19.5 Å². The fourth-order valence-electron chi connectivity index (χ4n) is 5.48. The Bertz CT molecular complexity index is 1410. The van der Waals surface area contributed by atoms with Gasteiger partial charge in [-0.05, 0) is 30.0 Å². The van der Waals surface area contributed by atoms with Crippen LogP contribution in [0.4, 0.5) is 5.69 Å². The van der Waals surface area contributed by atoms with E-state index in [1.807, 2.05) is 62.4 Å². The van der Waals surface area contributed by atoms with E-state index in [1.54, 1.807) is 7.05 Å². The number of nitriles is 1. The number of fused-ring (bicyclic) bond motifs is 3. The van der Waals surface area contributed by atoms with Gasteiger partial charge >= 0.3 is 0 Å². The molecule has 9 heteroatoms. The number of nitrogens with zero attached hydrogens (tertiary/aromatic N) is 4. The van der Waals surface area contributed by atoms with Gasteiger partial charge in [0.05, 0.1) is 17.0 Å². The van der Waals surface area contributed by atoms with Crippen molar-refractivity contribution in [1.82, 2.24) is 20.0 Å². The number of anilines is 1. The Morgan fingerprint density at radius 1 is 1.22 bits per heavy atom. The Morgan fingerprint density at radius 3 is 2.69 bits per heavy atom. The minimum atomic E-state index is -0.976. The summed E-state index contributed by atoms with van der Waals surface area (Å²) in [5.74, 6) is -0.803. The topological polar surface area (TPSA) is 122 Å². The molecule has 184 valence electrons. The van der Waals surface area contributed by atoms with Gasteiger partial charge in [-0.15, -0.1) is 0 Å². The predicted molar refractivity (Wildman–Crippen MR) is 134 cm³/mol. The zero-order valence-electron chi connectivity index (χ0n) is 20.5. The van der Waals surface area contributed by atoms with Gasteiger partial charge in [0.25, 0.3) is 5.91 Å². The first-order chi connectivity index (χ1) is 17.3. The quantitative estimate of drug-likeness (QED) is 0.576. The van der Waals surface area contributed by atoms with Gasteiger partial charge in [-0.2, -0.15) is 10.4 Å². The zero-order valence-corrected chi connectivity index (χ0v) is 20.5. The first-order valence-electron chi connectivity index (χ1n) is 12.1. The molecule has 1 fully saturated rings. The average molecular weight is 485 g/mol. The summed E-state index contributed by atoms with van der Waals surface area (Å²) in [6, 6.07) is 15.4. The summed E-state index contributed by atoms with van der Waals surface area (Å²) in [7, 11) is 1.60. The highest BCUT2D eigenvalue weighted by molar-refractivity contribution is 6.08. The molecule has 9 nitrogen and oxygen atoms in total. The maximum Gasteiger partial charge on any atom is 0.275 e. The Morgan fingerprint density at radius 2 is 1.94 bits per heavy atom. The highest BCUT2D eigenvalue weighted by Gasteiger charge is 2.56. The van der Waals surface area contributed by atoms with E-state index in [0.717, 1.165) is 11.1 Å². The van der Waals surface area contributed by atoms with E-state index in [4.69, 9.17) is 0 Å². The molecule has 2 aliphatic rings. The highest BCUT2D eigenvalue weighted by atomic mass is 16.2. The summed E-state index contributed by atoms with van der Waals surface area (Å²) in [5, 5.41) is 20.6. The Balaban J connectivity index is 1.47. The fourth-order valence-corrected chi connectivity index (χ4v) is 5.48. The second-order valence-corrected chi connectivity index (χ2v) is 10.1. The standard InChI is InChI=1S/C27H28N6O3/c1-16(2)12-22(32(3)25(35)23-18-8-4-6-10-20(18)30-31-23)24(34)33-15-27(13-17(33)14-28)19-9-5-7-11-21(19)29-26(27)36/h4-11,16-17,22H,12-13,15H2,1-3H3,(H,29,36)(H,30,31)/t17-,22-,27-/m0/s1. The van der Waals surface area contributed by atoms with Crippen molar-refractivity contribution in [2.45, 2.75) is 44.2 Å². The summed E-state index contributed by atoms with van der Waals surface area (Å²) in [4.78, 5) is 43.6. The number of aromatic amines is 1. The smallest absolute Gasteiger partial charge is 0.275 e. The second kappa shape index (κ2) is 8.79. The molecule has 3 atom stereocenters. The van der Waals surface area contributed by atoms with Crippen molar-refractivity contribution in [2.24, 2.45) is 5.92 Å². The number of amides is 3. The number of rotatable bonds is 5. The van der Waals surface area contributed by atoms with E-state index in [2.05, 4.69) is 21.6 Å². The molecule has 1 saturated heterocycles. The molecule has 0 unspecified atom stereocenters. The molecular weight excluding hydrogens is 456 g/mol. The normalized spacial score (nSPS) is 21.5. The van der Waals surface area contributed by atoms with Gasteiger partial charge in [0.2, 0.25) is 11.8 Å². The number of benzene rings is 2. The number of carbonyl (C=O) groups excluding carboxylic acids is 3. The van der Waals surface area contributed by atoms with Crippen molar-refractivity contribution in [3.05, 3.63) is 59.8 Å². The third kappa shape index (κ3) is 3.61.